The molecule has 1 unspecified atom stereocenters. The van der Waals surface area contributed by atoms with Crippen molar-refractivity contribution < 1.29 is 9.47 Å². The second-order valence-electron chi connectivity index (χ2n) is 8.19. The number of nitrogens with one attached hydrogen (secondary N) is 2. The summed E-state index contributed by atoms with van der Waals surface area (Å²) in [7, 11) is 0. The molecule has 1 atom stereocenters. The van der Waals surface area contributed by atoms with Crippen LogP contribution in [0.1, 0.15) is 20.9 Å². The van der Waals surface area contributed by atoms with Gasteiger partial charge in [0.25, 0.3) is 6.02 Å². The van der Waals surface area contributed by atoms with Crippen LogP contribution in [0, 0.1) is 16.7 Å². The summed E-state index contributed by atoms with van der Waals surface area (Å²) in [5, 5.41) is 21.4. The van der Waals surface area contributed by atoms with E-state index < -0.39 is 6.17 Å². The lowest BCUT2D eigenvalue weighted by atomic mass is 10.0. The van der Waals surface area contributed by atoms with E-state index in [1.54, 1.807) is 6.07 Å². The molecule has 0 aliphatic carbocycles. The number of nitriles is 1. The van der Waals surface area contributed by atoms with E-state index in [1.807, 2.05) is 54.6 Å². The van der Waals surface area contributed by atoms with Crippen LogP contribution >= 0.6 is 11.3 Å². The van der Waals surface area contributed by atoms with Gasteiger partial charge in [-0.1, -0.05) is 48.5 Å². The van der Waals surface area contributed by atoms with Gasteiger partial charge in [0.05, 0.1) is 31.2 Å². The summed E-state index contributed by atoms with van der Waals surface area (Å²) in [5.41, 5.74) is 10.6. The van der Waals surface area contributed by atoms with Crippen LogP contribution in [-0.4, -0.2) is 56.6 Å². The van der Waals surface area contributed by atoms with Crippen molar-refractivity contribution in [3.05, 3.63) is 81.5 Å². The third kappa shape index (κ3) is 5.07. The predicted octanol–water partition coefficient (Wildman–Crippen LogP) is 3.40. The first kappa shape index (κ1) is 23.5. The van der Waals surface area contributed by atoms with E-state index in [1.165, 1.54) is 11.3 Å². The van der Waals surface area contributed by atoms with Crippen molar-refractivity contribution in [3.63, 3.8) is 0 Å². The Morgan fingerprint density at radius 3 is 2.72 bits per heavy atom. The molecule has 0 spiro atoms. The number of para-hydroxylation sites is 1. The van der Waals surface area contributed by atoms with Gasteiger partial charge < -0.3 is 25.4 Å². The molecule has 2 aliphatic rings. The number of amidine groups is 1. The number of hydrogen-bond acceptors (Lipinski definition) is 9. The van der Waals surface area contributed by atoms with Gasteiger partial charge in [0.1, 0.15) is 15.8 Å². The number of hydrogen-bond donors (Lipinski definition) is 3. The third-order valence-electron chi connectivity index (χ3n) is 5.85. The normalized spacial score (nSPS) is 17.8. The maximum atomic E-state index is 9.41. The van der Waals surface area contributed by atoms with E-state index in [0.717, 1.165) is 28.2 Å². The lowest BCUT2D eigenvalue weighted by Crippen LogP contribution is -2.37. The van der Waals surface area contributed by atoms with Crippen molar-refractivity contribution in [1.82, 2.24) is 0 Å². The number of benzene rings is 2. The van der Waals surface area contributed by atoms with Crippen LogP contribution in [0.15, 0.2) is 70.6 Å². The zero-order valence-electron chi connectivity index (χ0n) is 19.5. The highest BCUT2D eigenvalue weighted by molar-refractivity contribution is 7.15. The average molecular weight is 500 g/mol. The molecule has 3 aromatic rings. The monoisotopic (exact) mass is 499 g/mol. The highest BCUT2D eigenvalue weighted by Crippen LogP contribution is 2.31. The molecule has 5 rings (SSSR count). The molecular formula is C26H25N7O2S. The number of fused-ring (bicyclic) bond motifs is 1. The Kier molecular flexibility index (Phi) is 6.93. The molecule has 1 fully saturated rings. The van der Waals surface area contributed by atoms with E-state index in [0.29, 0.717) is 42.6 Å². The predicted molar refractivity (Wildman–Crippen MR) is 142 cm³/mol. The van der Waals surface area contributed by atoms with Crippen LogP contribution in [0.25, 0.3) is 0 Å². The summed E-state index contributed by atoms with van der Waals surface area (Å²) < 4.78 is 11.1. The minimum Gasteiger partial charge on any atom is -0.406 e. The number of aliphatic imine (C=N–C) groups is 2. The van der Waals surface area contributed by atoms with Crippen molar-refractivity contribution in [1.29, 1.82) is 10.7 Å². The van der Waals surface area contributed by atoms with Crippen LogP contribution < -0.4 is 16.0 Å². The van der Waals surface area contributed by atoms with Crippen LogP contribution in [0.4, 0.5) is 11.4 Å². The van der Waals surface area contributed by atoms with E-state index in [2.05, 4.69) is 21.3 Å². The molecule has 0 bridgehead atoms. The molecule has 0 radical (unpaired) electrons. The number of rotatable bonds is 4. The quantitative estimate of drug-likeness (QED) is 0.372. The molecule has 36 heavy (non-hydrogen) atoms. The highest BCUT2D eigenvalue weighted by Gasteiger charge is 2.23. The first-order chi connectivity index (χ1) is 17.6. The Balaban J connectivity index is 1.40. The molecular weight excluding hydrogens is 474 g/mol. The fraction of sp³-hybridized carbons (Fsp3) is 0.231. The van der Waals surface area contributed by atoms with E-state index in [4.69, 9.17) is 25.6 Å². The number of nitrogens with two attached hydrogens (primary N) is 1. The van der Waals surface area contributed by atoms with Crippen molar-refractivity contribution >= 4 is 40.3 Å². The molecule has 2 aliphatic heterocycles. The molecule has 1 saturated heterocycles. The average Bonchev–Trinajstić information content (AvgIpc) is 3.28. The SMILES string of the molecule is N#Cc1cc(N2CCOCC2)c(C(=N)OC(N)=NC2CNc3ccccc3C(c3ccccc3)=N2)s1. The summed E-state index contributed by atoms with van der Waals surface area (Å²) in [4.78, 5) is 12.5. The van der Waals surface area contributed by atoms with Crippen molar-refractivity contribution in [2.45, 2.75) is 6.17 Å². The maximum absolute atomic E-state index is 9.41. The second kappa shape index (κ2) is 10.6. The number of anilines is 2. The van der Waals surface area contributed by atoms with Gasteiger partial charge >= 0.3 is 0 Å². The van der Waals surface area contributed by atoms with Crippen molar-refractivity contribution in [2.24, 2.45) is 15.7 Å². The Morgan fingerprint density at radius 2 is 1.94 bits per heavy atom. The van der Waals surface area contributed by atoms with E-state index in [9.17, 15) is 5.26 Å². The number of ether oxygens (including phenoxy) is 2. The first-order valence-corrected chi connectivity index (χ1v) is 12.4. The fourth-order valence-electron chi connectivity index (χ4n) is 4.17. The summed E-state index contributed by atoms with van der Waals surface area (Å²) in [6.07, 6.45) is -0.558. The van der Waals surface area contributed by atoms with Crippen molar-refractivity contribution in [2.75, 3.05) is 43.1 Å². The summed E-state index contributed by atoms with van der Waals surface area (Å²) in [5.74, 6) is -0.152. The molecule has 10 heteroatoms. The fourth-order valence-corrected chi connectivity index (χ4v) is 5.04. The standard InChI is InChI=1S/C26H25N7O2S/c27-15-18-14-21(33-10-12-34-13-11-33)24(36-18)25(28)35-26(29)32-22-16-30-20-9-5-4-8-19(20)23(31-22)17-6-2-1-3-7-17/h1-9,14,22,28,30H,10-13,16H2,(H2,29,32). The maximum Gasteiger partial charge on any atom is 0.291 e. The molecule has 4 N–H and O–H groups in total. The Hall–Kier alpha value is -4.20. The van der Waals surface area contributed by atoms with E-state index >= 15 is 0 Å². The molecule has 9 nitrogen and oxygen atoms in total. The van der Waals surface area contributed by atoms with Gasteiger partial charge in [-0.15, -0.1) is 11.3 Å². The second-order valence-corrected chi connectivity index (χ2v) is 9.24. The van der Waals surface area contributed by atoms with Gasteiger partial charge in [-0.25, -0.2) is 4.99 Å². The van der Waals surface area contributed by atoms with Gasteiger partial charge in [-0.05, 0) is 12.1 Å². The van der Waals surface area contributed by atoms with Gasteiger partial charge in [0, 0.05) is 29.9 Å². The lowest BCUT2D eigenvalue weighted by Gasteiger charge is -2.28. The topological polar surface area (TPSA) is 132 Å². The number of morpholine rings is 1. The van der Waals surface area contributed by atoms with Crippen LogP contribution in [0.3, 0.4) is 0 Å². The minimum atomic E-state index is -0.558. The number of thiophene rings is 1. The Bertz CT molecular complexity index is 1350. The zero-order valence-corrected chi connectivity index (χ0v) is 20.3. The largest absolute Gasteiger partial charge is 0.406 e. The van der Waals surface area contributed by atoms with Gasteiger partial charge in [-0.2, -0.15) is 5.26 Å². The number of nitrogens with zero attached hydrogens (tertiary/aromatic N) is 4. The van der Waals surface area contributed by atoms with E-state index in [-0.39, 0.29) is 11.9 Å². The van der Waals surface area contributed by atoms with Gasteiger partial charge in [0.2, 0.25) is 5.90 Å². The Morgan fingerprint density at radius 1 is 1.19 bits per heavy atom. The number of benzodiazepines with no additional fused rings is 1. The molecule has 1 aromatic heterocycles. The zero-order chi connectivity index (χ0) is 24.9. The smallest absolute Gasteiger partial charge is 0.291 e. The first-order valence-electron chi connectivity index (χ1n) is 11.6. The molecule has 182 valence electrons. The molecule has 2 aromatic carbocycles. The lowest BCUT2D eigenvalue weighted by molar-refractivity contribution is 0.122. The van der Waals surface area contributed by atoms with Gasteiger partial charge in [0.15, 0.2) is 6.17 Å². The van der Waals surface area contributed by atoms with Crippen LogP contribution in [0.5, 0.6) is 0 Å². The van der Waals surface area contributed by atoms with Crippen LogP contribution in [-0.2, 0) is 9.47 Å². The van der Waals surface area contributed by atoms with Crippen LogP contribution in [0.2, 0.25) is 0 Å². The third-order valence-corrected chi connectivity index (χ3v) is 6.87. The summed E-state index contributed by atoms with van der Waals surface area (Å²) in [6, 6.07) is 21.7. The molecule has 0 amide bonds. The summed E-state index contributed by atoms with van der Waals surface area (Å²) in [6.45, 7) is 2.95. The minimum absolute atomic E-state index is 0.152. The van der Waals surface area contributed by atoms with Gasteiger partial charge in [-0.3, -0.25) is 10.4 Å². The highest BCUT2D eigenvalue weighted by atomic mass is 32.1. The summed E-state index contributed by atoms with van der Waals surface area (Å²) >= 11 is 1.20. The Labute approximate surface area is 213 Å². The molecule has 0 saturated carbocycles. The van der Waals surface area contributed by atoms with Crippen molar-refractivity contribution in [3.8, 4) is 6.07 Å². The molecule has 3 heterocycles.